The minimum absolute atomic E-state index is 0.0120. The fraction of sp³-hybridized carbons (Fsp3) is 0.667. The molecule has 2 rings (SSSR count). The van der Waals surface area contributed by atoms with E-state index in [4.69, 9.17) is 4.74 Å². The lowest BCUT2D eigenvalue weighted by molar-refractivity contribution is -0.385. The molecule has 8 nitrogen and oxygen atoms in total. The van der Waals surface area contributed by atoms with Crippen LogP contribution in [0.25, 0.3) is 0 Å². The van der Waals surface area contributed by atoms with Crippen molar-refractivity contribution in [3.05, 3.63) is 15.8 Å². The number of ether oxygens (including phenoxy) is 1. The molecular weight excluding hydrogens is 262 g/mol. The minimum Gasteiger partial charge on any atom is -0.384 e. The largest absolute Gasteiger partial charge is 0.384 e. The Morgan fingerprint density at radius 2 is 2.30 bits per heavy atom. The van der Waals surface area contributed by atoms with Crippen molar-refractivity contribution in [2.45, 2.75) is 13.3 Å². The highest BCUT2D eigenvalue weighted by molar-refractivity contribution is 5.62. The third-order valence-corrected chi connectivity index (χ3v) is 3.43. The average molecular weight is 281 g/mol. The summed E-state index contributed by atoms with van der Waals surface area (Å²) in [7, 11) is 3.36. The van der Waals surface area contributed by atoms with E-state index >= 15 is 0 Å². The monoisotopic (exact) mass is 281 g/mol. The SMILES string of the molecule is CNc1nc(C)c([N+](=O)[O-])c(N2CCC(COC)C2)n1. The van der Waals surface area contributed by atoms with Crippen LogP contribution in [0.15, 0.2) is 0 Å². The van der Waals surface area contributed by atoms with E-state index in [0.717, 1.165) is 13.0 Å². The molecule has 0 saturated carbocycles. The number of hydrogen-bond acceptors (Lipinski definition) is 7. The molecule has 110 valence electrons. The number of anilines is 2. The summed E-state index contributed by atoms with van der Waals surface area (Å²) in [5.41, 5.74) is 0.363. The van der Waals surface area contributed by atoms with Gasteiger partial charge in [0.2, 0.25) is 11.8 Å². The summed E-state index contributed by atoms with van der Waals surface area (Å²) in [6, 6.07) is 0. The van der Waals surface area contributed by atoms with Crippen molar-refractivity contribution in [2.75, 3.05) is 44.1 Å². The topological polar surface area (TPSA) is 93.4 Å². The molecule has 1 atom stereocenters. The molecule has 0 radical (unpaired) electrons. The van der Waals surface area contributed by atoms with Crippen LogP contribution in [0.1, 0.15) is 12.1 Å². The maximum absolute atomic E-state index is 11.3. The van der Waals surface area contributed by atoms with E-state index in [0.29, 0.717) is 36.5 Å². The van der Waals surface area contributed by atoms with E-state index in [-0.39, 0.29) is 5.69 Å². The fourth-order valence-electron chi connectivity index (χ4n) is 2.49. The van der Waals surface area contributed by atoms with Gasteiger partial charge in [0.15, 0.2) is 0 Å². The zero-order chi connectivity index (χ0) is 14.7. The van der Waals surface area contributed by atoms with E-state index in [1.165, 1.54) is 0 Å². The molecule has 0 spiro atoms. The van der Waals surface area contributed by atoms with E-state index in [1.54, 1.807) is 21.1 Å². The van der Waals surface area contributed by atoms with Crippen molar-refractivity contribution in [2.24, 2.45) is 5.92 Å². The highest BCUT2D eigenvalue weighted by atomic mass is 16.6. The number of aryl methyl sites for hydroxylation is 1. The smallest absolute Gasteiger partial charge is 0.332 e. The fourth-order valence-corrected chi connectivity index (χ4v) is 2.49. The summed E-state index contributed by atoms with van der Waals surface area (Å²) in [5.74, 6) is 1.18. The zero-order valence-corrected chi connectivity index (χ0v) is 11.9. The number of aromatic nitrogens is 2. The van der Waals surface area contributed by atoms with Gasteiger partial charge in [0.1, 0.15) is 5.69 Å². The molecule has 0 aliphatic carbocycles. The Morgan fingerprint density at radius 1 is 1.55 bits per heavy atom. The predicted molar refractivity (Wildman–Crippen MR) is 75.2 cm³/mol. The quantitative estimate of drug-likeness (QED) is 0.640. The van der Waals surface area contributed by atoms with Crippen molar-refractivity contribution in [1.82, 2.24) is 9.97 Å². The van der Waals surface area contributed by atoms with Gasteiger partial charge in [-0.05, 0) is 13.3 Å². The lowest BCUT2D eigenvalue weighted by atomic mass is 10.1. The van der Waals surface area contributed by atoms with E-state index in [1.807, 2.05) is 4.90 Å². The van der Waals surface area contributed by atoms with Gasteiger partial charge in [-0.25, -0.2) is 4.98 Å². The van der Waals surface area contributed by atoms with Crippen LogP contribution >= 0.6 is 0 Å². The summed E-state index contributed by atoms with van der Waals surface area (Å²) < 4.78 is 5.15. The Hall–Kier alpha value is -1.96. The second kappa shape index (κ2) is 6.00. The van der Waals surface area contributed by atoms with Crippen LogP contribution in [0.2, 0.25) is 0 Å². The number of nitrogens with zero attached hydrogens (tertiary/aromatic N) is 4. The summed E-state index contributed by atoms with van der Waals surface area (Å²) in [6.45, 7) is 3.75. The van der Waals surface area contributed by atoms with Crippen LogP contribution in [-0.2, 0) is 4.74 Å². The van der Waals surface area contributed by atoms with Gasteiger partial charge < -0.3 is 15.0 Å². The molecule has 1 saturated heterocycles. The Balaban J connectivity index is 2.34. The van der Waals surface area contributed by atoms with Gasteiger partial charge in [0, 0.05) is 33.2 Å². The molecule has 20 heavy (non-hydrogen) atoms. The van der Waals surface area contributed by atoms with Gasteiger partial charge in [-0.1, -0.05) is 0 Å². The molecule has 1 N–H and O–H groups in total. The first kappa shape index (κ1) is 14.4. The first-order valence-electron chi connectivity index (χ1n) is 6.51. The third-order valence-electron chi connectivity index (χ3n) is 3.43. The van der Waals surface area contributed by atoms with E-state index < -0.39 is 4.92 Å². The van der Waals surface area contributed by atoms with Crippen LogP contribution in [0.5, 0.6) is 0 Å². The summed E-state index contributed by atoms with van der Waals surface area (Å²) in [5, 5.41) is 14.1. The first-order chi connectivity index (χ1) is 9.56. The van der Waals surface area contributed by atoms with Crippen molar-refractivity contribution >= 4 is 17.5 Å². The lowest BCUT2D eigenvalue weighted by Crippen LogP contribution is -2.24. The predicted octanol–water partition coefficient (Wildman–Crippen LogP) is 1.21. The molecule has 1 unspecified atom stereocenters. The van der Waals surface area contributed by atoms with Crippen LogP contribution < -0.4 is 10.2 Å². The van der Waals surface area contributed by atoms with Gasteiger partial charge >= 0.3 is 5.69 Å². The van der Waals surface area contributed by atoms with Crippen molar-refractivity contribution in [1.29, 1.82) is 0 Å². The van der Waals surface area contributed by atoms with Crippen LogP contribution in [0, 0.1) is 23.0 Å². The molecule has 1 aromatic rings. The lowest BCUT2D eigenvalue weighted by Gasteiger charge is -2.18. The minimum atomic E-state index is -0.409. The van der Waals surface area contributed by atoms with Gasteiger partial charge in [0.25, 0.3) is 0 Å². The molecule has 0 aromatic carbocycles. The summed E-state index contributed by atoms with van der Waals surface area (Å²) >= 11 is 0. The van der Waals surface area contributed by atoms with Crippen LogP contribution in [-0.4, -0.2) is 48.7 Å². The Labute approximate surface area is 117 Å². The standard InChI is InChI=1S/C12H19N5O3/c1-8-10(17(18)19)11(15-12(13-2)14-8)16-5-4-9(6-16)7-20-3/h9H,4-7H2,1-3H3,(H,13,14,15). The third kappa shape index (κ3) is 2.79. The van der Waals surface area contributed by atoms with Gasteiger partial charge in [-0.2, -0.15) is 4.98 Å². The van der Waals surface area contributed by atoms with Gasteiger partial charge in [-0.3, -0.25) is 10.1 Å². The summed E-state index contributed by atoms with van der Waals surface area (Å²) in [4.78, 5) is 21.1. The molecule has 0 amide bonds. The summed E-state index contributed by atoms with van der Waals surface area (Å²) in [6.07, 6.45) is 0.947. The van der Waals surface area contributed by atoms with Crippen molar-refractivity contribution in [3.8, 4) is 0 Å². The number of nitrogens with one attached hydrogen (secondary N) is 1. The van der Waals surface area contributed by atoms with Crippen LogP contribution in [0.4, 0.5) is 17.5 Å². The van der Waals surface area contributed by atoms with Gasteiger partial charge in [-0.15, -0.1) is 0 Å². The second-order valence-corrected chi connectivity index (χ2v) is 4.87. The Morgan fingerprint density at radius 3 is 2.90 bits per heavy atom. The Kier molecular flexibility index (Phi) is 4.33. The molecule has 2 heterocycles. The maximum atomic E-state index is 11.3. The number of rotatable bonds is 5. The first-order valence-corrected chi connectivity index (χ1v) is 6.51. The molecule has 1 fully saturated rings. The molecule has 1 aromatic heterocycles. The molecule has 1 aliphatic rings. The molecule has 1 aliphatic heterocycles. The molecule has 0 bridgehead atoms. The number of methoxy groups -OCH3 is 1. The second-order valence-electron chi connectivity index (χ2n) is 4.87. The highest BCUT2D eigenvalue weighted by Gasteiger charge is 2.31. The van der Waals surface area contributed by atoms with E-state index in [2.05, 4.69) is 15.3 Å². The van der Waals surface area contributed by atoms with Crippen LogP contribution in [0.3, 0.4) is 0 Å². The van der Waals surface area contributed by atoms with Crippen molar-refractivity contribution in [3.63, 3.8) is 0 Å². The average Bonchev–Trinajstić information content (AvgIpc) is 2.86. The number of nitro groups is 1. The number of hydrogen-bond donors (Lipinski definition) is 1. The van der Waals surface area contributed by atoms with Gasteiger partial charge in [0.05, 0.1) is 11.5 Å². The highest BCUT2D eigenvalue weighted by Crippen LogP contribution is 2.33. The molecular formula is C12H19N5O3. The maximum Gasteiger partial charge on any atom is 0.332 e. The molecule has 8 heteroatoms. The Bertz CT molecular complexity index is 508. The zero-order valence-electron chi connectivity index (χ0n) is 11.9. The van der Waals surface area contributed by atoms with E-state index in [9.17, 15) is 10.1 Å². The normalized spacial score (nSPS) is 18.4. The van der Waals surface area contributed by atoms with Crippen molar-refractivity contribution < 1.29 is 9.66 Å².